The molecule has 0 heterocycles. The molecule has 0 saturated heterocycles. The molecular weight excluding hydrogens is 889 g/mol. The molecule has 0 saturated carbocycles. The molecule has 6 heteroatoms. The smallest absolute Gasteiger partial charge is 0.306 e. The molecule has 0 aromatic heterocycles. The van der Waals surface area contributed by atoms with Crippen molar-refractivity contribution in [1.29, 1.82) is 0 Å². The monoisotopic (exact) mass is 995 g/mol. The van der Waals surface area contributed by atoms with E-state index >= 15 is 0 Å². The maximum atomic E-state index is 12.9. The van der Waals surface area contributed by atoms with Crippen LogP contribution in [0.2, 0.25) is 0 Å². The SMILES string of the molecule is CC/C=C\C/C=C\C/C=C\C/C=C\C/C=C\C/C=C\CCC(=O)OCC(COC(=O)CCCCCCC/C=C\CCCCCCCCC)OC(=O)CCCCCCCC/C=C\C/C=C\C/C=C\C/C=C\CC. The van der Waals surface area contributed by atoms with Crippen molar-refractivity contribution in [1.82, 2.24) is 0 Å². The summed E-state index contributed by atoms with van der Waals surface area (Å²) in [5.74, 6) is -1.03. The third-order valence-electron chi connectivity index (χ3n) is 11.9. The van der Waals surface area contributed by atoms with Crippen molar-refractivity contribution < 1.29 is 28.6 Å². The first-order valence-corrected chi connectivity index (χ1v) is 29.2. The molecule has 6 nitrogen and oxygen atoms in total. The zero-order chi connectivity index (χ0) is 52.2. The van der Waals surface area contributed by atoms with Gasteiger partial charge in [0.2, 0.25) is 0 Å². The van der Waals surface area contributed by atoms with Crippen LogP contribution in [0.4, 0.5) is 0 Å². The Balaban J connectivity index is 4.56. The second-order valence-electron chi connectivity index (χ2n) is 18.8. The molecule has 0 amide bonds. The highest BCUT2D eigenvalue weighted by molar-refractivity contribution is 5.71. The van der Waals surface area contributed by atoms with Gasteiger partial charge in [0.1, 0.15) is 13.2 Å². The van der Waals surface area contributed by atoms with Crippen molar-refractivity contribution in [2.24, 2.45) is 0 Å². The summed E-state index contributed by atoms with van der Waals surface area (Å²) < 4.78 is 16.8. The topological polar surface area (TPSA) is 78.9 Å². The third-order valence-corrected chi connectivity index (χ3v) is 11.9. The summed E-state index contributed by atoms with van der Waals surface area (Å²) in [4.78, 5) is 38.2. The number of rotatable bonds is 51. The molecule has 0 N–H and O–H groups in total. The van der Waals surface area contributed by atoms with E-state index in [0.717, 1.165) is 128 Å². The van der Waals surface area contributed by atoms with Crippen LogP contribution < -0.4 is 0 Å². The Bertz CT molecular complexity index is 1560. The average Bonchev–Trinajstić information content (AvgIpc) is 3.38. The number of unbranched alkanes of at least 4 members (excludes halogenated alkanes) is 18. The lowest BCUT2D eigenvalue weighted by Crippen LogP contribution is -2.30. The standard InChI is InChI=1S/C66H106O6/c1-4-7-10-13-16-19-22-25-28-31-33-35-38-41-44-47-50-53-56-59-65(68)71-62-63(61-70-64(67)58-55-52-49-46-43-40-37-30-27-24-21-18-15-12-9-6-3)72-66(69)60-57-54-51-48-45-42-39-36-34-32-29-26-23-20-17-14-11-8-5-2/h7-8,10-11,16-17,19-20,25-26,28-30,33-37,41,44,50,53,63H,4-6,9,12-15,18,21-24,27,31-32,38-40,42-43,45-49,51-52,54-62H2,1-3H3/b10-7-,11-8-,19-16-,20-17-,28-25-,29-26-,35-33-,36-34-,37-30-,44-41-,53-50-. The summed E-state index contributed by atoms with van der Waals surface area (Å²) in [7, 11) is 0. The predicted octanol–water partition coefficient (Wildman–Crippen LogP) is 19.8. The molecule has 1 unspecified atom stereocenters. The molecule has 0 aliphatic heterocycles. The minimum absolute atomic E-state index is 0.116. The molecule has 72 heavy (non-hydrogen) atoms. The summed E-state index contributed by atoms with van der Waals surface area (Å²) in [6, 6.07) is 0. The quantitative estimate of drug-likeness (QED) is 0.0261. The highest BCUT2D eigenvalue weighted by atomic mass is 16.6. The zero-order valence-corrected chi connectivity index (χ0v) is 46.4. The Morgan fingerprint density at radius 2 is 0.569 bits per heavy atom. The minimum atomic E-state index is -0.825. The molecule has 1 atom stereocenters. The van der Waals surface area contributed by atoms with Gasteiger partial charge in [-0.3, -0.25) is 14.4 Å². The van der Waals surface area contributed by atoms with Crippen LogP contribution in [-0.4, -0.2) is 37.2 Å². The first-order chi connectivity index (χ1) is 35.5. The number of hydrogen-bond donors (Lipinski definition) is 0. The van der Waals surface area contributed by atoms with Crippen LogP contribution >= 0.6 is 0 Å². The van der Waals surface area contributed by atoms with Crippen LogP contribution in [0.25, 0.3) is 0 Å². The molecule has 0 fully saturated rings. The lowest BCUT2D eigenvalue weighted by Gasteiger charge is -2.18. The summed E-state index contributed by atoms with van der Waals surface area (Å²) in [6.45, 7) is 6.32. The van der Waals surface area contributed by atoms with Crippen LogP contribution in [-0.2, 0) is 28.6 Å². The second kappa shape index (κ2) is 59.1. The van der Waals surface area contributed by atoms with E-state index in [1.807, 2.05) is 6.08 Å². The van der Waals surface area contributed by atoms with Crippen LogP contribution in [0, 0.1) is 0 Å². The van der Waals surface area contributed by atoms with Crippen molar-refractivity contribution in [3.63, 3.8) is 0 Å². The fourth-order valence-electron chi connectivity index (χ4n) is 7.57. The van der Waals surface area contributed by atoms with Crippen molar-refractivity contribution in [2.75, 3.05) is 13.2 Å². The van der Waals surface area contributed by atoms with Crippen LogP contribution in [0.1, 0.15) is 245 Å². The predicted molar refractivity (Wildman–Crippen MR) is 311 cm³/mol. The fourth-order valence-corrected chi connectivity index (χ4v) is 7.57. The largest absolute Gasteiger partial charge is 0.462 e. The van der Waals surface area contributed by atoms with Gasteiger partial charge in [-0.05, 0) is 122 Å². The van der Waals surface area contributed by atoms with Crippen LogP contribution in [0.3, 0.4) is 0 Å². The summed E-state index contributed by atoms with van der Waals surface area (Å²) >= 11 is 0. The second-order valence-corrected chi connectivity index (χ2v) is 18.8. The molecule has 0 aromatic rings. The maximum Gasteiger partial charge on any atom is 0.306 e. The Hall–Kier alpha value is -4.45. The minimum Gasteiger partial charge on any atom is -0.462 e. The highest BCUT2D eigenvalue weighted by Gasteiger charge is 2.19. The average molecular weight is 996 g/mol. The molecule has 0 rings (SSSR count). The number of ether oxygens (including phenoxy) is 3. The van der Waals surface area contributed by atoms with Crippen LogP contribution in [0.5, 0.6) is 0 Å². The van der Waals surface area contributed by atoms with E-state index in [9.17, 15) is 14.4 Å². The van der Waals surface area contributed by atoms with Gasteiger partial charge in [0.05, 0.1) is 0 Å². The van der Waals surface area contributed by atoms with E-state index in [4.69, 9.17) is 14.2 Å². The number of carbonyl (C=O) groups is 3. The summed E-state index contributed by atoms with van der Waals surface area (Å²) in [5, 5.41) is 0. The summed E-state index contributed by atoms with van der Waals surface area (Å²) in [6.07, 6.45) is 83.1. The molecule has 0 spiro atoms. The Morgan fingerprint density at radius 3 is 0.944 bits per heavy atom. The van der Waals surface area contributed by atoms with Crippen molar-refractivity contribution in [3.8, 4) is 0 Å². The molecule has 0 aromatic carbocycles. The van der Waals surface area contributed by atoms with Crippen LogP contribution in [0.15, 0.2) is 134 Å². The normalized spacial score (nSPS) is 13.1. The van der Waals surface area contributed by atoms with E-state index in [1.54, 1.807) is 0 Å². The number of hydrogen-bond acceptors (Lipinski definition) is 6. The van der Waals surface area contributed by atoms with Gasteiger partial charge >= 0.3 is 17.9 Å². The zero-order valence-electron chi connectivity index (χ0n) is 46.4. The number of esters is 3. The lowest BCUT2D eigenvalue weighted by molar-refractivity contribution is -0.166. The summed E-state index contributed by atoms with van der Waals surface area (Å²) in [5.41, 5.74) is 0. The number of carbonyl (C=O) groups excluding carboxylic acids is 3. The van der Waals surface area contributed by atoms with E-state index in [1.165, 1.54) is 70.6 Å². The Morgan fingerprint density at radius 1 is 0.292 bits per heavy atom. The molecule has 0 bridgehead atoms. The van der Waals surface area contributed by atoms with E-state index in [0.29, 0.717) is 12.8 Å². The Kier molecular flexibility index (Phi) is 55.5. The molecule has 0 aliphatic rings. The van der Waals surface area contributed by atoms with E-state index < -0.39 is 6.10 Å². The fraction of sp³-hybridized carbons (Fsp3) is 0.621. The van der Waals surface area contributed by atoms with Gasteiger partial charge in [-0.1, -0.05) is 238 Å². The highest BCUT2D eigenvalue weighted by Crippen LogP contribution is 2.13. The maximum absolute atomic E-state index is 12.9. The van der Waals surface area contributed by atoms with E-state index in [-0.39, 0.29) is 44.0 Å². The molecular formula is C66H106O6. The van der Waals surface area contributed by atoms with Gasteiger partial charge in [-0.25, -0.2) is 0 Å². The van der Waals surface area contributed by atoms with Crippen molar-refractivity contribution in [3.05, 3.63) is 134 Å². The van der Waals surface area contributed by atoms with Gasteiger partial charge in [0, 0.05) is 19.3 Å². The first kappa shape index (κ1) is 67.5. The van der Waals surface area contributed by atoms with Gasteiger partial charge in [0.25, 0.3) is 0 Å². The van der Waals surface area contributed by atoms with Gasteiger partial charge in [0.15, 0.2) is 6.10 Å². The van der Waals surface area contributed by atoms with Gasteiger partial charge < -0.3 is 14.2 Å². The first-order valence-electron chi connectivity index (χ1n) is 29.2. The molecule has 0 aliphatic carbocycles. The molecule has 0 radical (unpaired) electrons. The third kappa shape index (κ3) is 56.5. The van der Waals surface area contributed by atoms with E-state index in [2.05, 4.69) is 148 Å². The number of allylic oxidation sites excluding steroid dienone is 22. The van der Waals surface area contributed by atoms with Crippen molar-refractivity contribution >= 4 is 17.9 Å². The lowest BCUT2D eigenvalue weighted by atomic mass is 10.1. The molecule has 406 valence electrons. The van der Waals surface area contributed by atoms with Gasteiger partial charge in [-0.15, -0.1) is 0 Å². The van der Waals surface area contributed by atoms with Crippen molar-refractivity contribution in [2.45, 2.75) is 252 Å². The van der Waals surface area contributed by atoms with Gasteiger partial charge in [-0.2, -0.15) is 0 Å². The Labute approximate surface area is 443 Å².